The second-order valence-electron chi connectivity index (χ2n) is 8.63. The first-order valence-electron chi connectivity index (χ1n) is 11.1. The number of pyridine rings is 1. The van der Waals surface area contributed by atoms with Crippen LogP contribution in [0.5, 0.6) is 0 Å². The minimum atomic E-state index is -4.49. The average molecular weight is 494 g/mol. The van der Waals surface area contributed by atoms with Gasteiger partial charge in [-0.3, -0.25) is 4.79 Å². The summed E-state index contributed by atoms with van der Waals surface area (Å²) in [4.78, 5) is 19.4. The van der Waals surface area contributed by atoms with Crippen molar-refractivity contribution in [2.75, 3.05) is 26.3 Å². The van der Waals surface area contributed by atoms with Gasteiger partial charge in [-0.2, -0.15) is 13.2 Å². The van der Waals surface area contributed by atoms with Gasteiger partial charge in [-0.15, -0.1) is 0 Å². The number of halogens is 4. The second-order valence-corrected chi connectivity index (χ2v) is 9.06. The van der Waals surface area contributed by atoms with Crippen LogP contribution in [0, 0.1) is 0 Å². The number of likely N-dealkylation sites (tertiary alicyclic amines) is 1. The summed E-state index contributed by atoms with van der Waals surface area (Å²) in [6.45, 7) is 2.02. The summed E-state index contributed by atoms with van der Waals surface area (Å²) in [7, 11) is 0. The number of ether oxygens (including phenoxy) is 2. The van der Waals surface area contributed by atoms with Gasteiger partial charge in [-0.1, -0.05) is 29.8 Å². The number of amides is 1. The first-order valence-corrected chi connectivity index (χ1v) is 11.5. The fraction of sp³-hybridized carbons (Fsp3) is 0.417. The topological polar surface area (TPSA) is 56.1 Å². The highest BCUT2D eigenvalue weighted by molar-refractivity contribution is 6.30. The third-order valence-electron chi connectivity index (χ3n) is 6.54. The van der Waals surface area contributed by atoms with E-state index in [1.165, 1.54) is 6.07 Å². The summed E-state index contributed by atoms with van der Waals surface area (Å²) in [5, 5.41) is 0.457. The summed E-state index contributed by atoms with van der Waals surface area (Å²) in [5.74, 6) is -1.40. The molecule has 1 spiro atoms. The van der Waals surface area contributed by atoms with Gasteiger partial charge < -0.3 is 18.8 Å². The summed E-state index contributed by atoms with van der Waals surface area (Å²) < 4.78 is 53.5. The largest absolute Gasteiger partial charge is 0.416 e. The monoisotopic (exact) mass is 493 g/mol. The van der Waals surface area contributed by atoms with E-state index in [0.29, 0.717) is 61.1 Å². The molecule has 2 aliphatic rings. The van der Waals surface area contributed by atoms with E-state index in [1.54, 1.807) is 39.9 Å². The zero-order chi connectivity index (χ0) is 23.9. The molecule has 6 nitrogen and oxygen atoms in total. The number of fused-ring (bicyclic) bond motifs is 1. The Morgan fingerprint density at radius 1 is 1.15 bits per heavy atom. The maximum absolute atomic E-state index is 13.4. The molecule has 4 heterocycles. The molecule has 2 fully saturated rings. The standard InChI is InChI=1S/C24H23ClF3N3O3/c25-18-4-5-21-29-14-20(31(21)15-18)19(16-2-1-3-17(12-16)24(26,27)28)13-22(32)30-8-6-23(7-9-30)33-10-11-34-23/h1-5,12,14-15,19H,6-11,13H2. The van der Waals surface area contributed by atoms with Crippen LogP contribution in [-0.4, -0.2) is 52.3 Å². The van der Waals surface area contributed by atoms with Crippen molar-refractivity contribution in [2.24, 2.45) is 0 Å². The number of nitrogens with zero attached hydrogens (tertiary/aromatic N) is 3. The highest BCUT2D eigenvalue weighted by Crippen LogP contribution is 2.36. The maximum Gasteiger partial charge on any atom is 0.416 e. The Balaban J connectivity index is 1.46. The van der Waals surface area contributed by atoms with Crippen molar-refractivity contribution in [2.45, 2.75) is 37.1 Å². The molecule has 1 unspecified atom stereocenters. The van der Waals surface area contributed by atoms with Gasteiger partial charge in [0.1, 0.15) is 5.65 Å². The summed E-state index contributed by atoms with van der Waals surface area (Å²) in [5.41, 5.74) is 0.825. The molecule has 180 valence electrons. The number of piperidine rings is 1. The van der Waals surface area contributed by atoms with Crippen LogP contribution in [0.4, 0.5) is 13.2 Å². The van der Waals surface area contributed by atoms with Crippen LogP contribution in [-0.2, 0) is 20.4 Å². The zero-order valence-electron chi connectivity index (χ0n) is 18.2. The summed E-state index contributed by atoms with van der Waals surface area (Å²) >= 11 is 6.17. The van der Waals surface area contributed by atoms with E-state index in [-0.39, 0.29) is 12.3 Å². The molecule has 1 amide bonds. The first-order chi connectivity index (χ1) is 16.2. The van der Waals surface area contributed by atoms with Crippen molar-refractivity contribution in [3.63, 3.8) is 0 Å². The van der Waals surface area contributed by atoms with Gasteiger partial charge in [-0.05, 0) is 23.8 Å². The molecule has 34 heavy (non-hydrogen) atoms. The fourth-order valence-electron chi connectivity index (χ4n) is 4.74. The first kappa shape index (κ1) is 23.1. The van der Waals surface area contributed by atoms with E-state index in [0.717, 1.165) is 12.1 Å². The normalized spacial score (nSPS) is 19.1. The van der Waals surface area contributed by atoms with Crippen LogP contribution in [0.1, 0.15) is 42.0 Å². The lowest BCUT2D eigenvalue weighted by Gasteiger charge is -2.38. The van der Waals surface area contributed by atoms with Gasteiger partial charge in [0.05, 0.1) is 29.5 Å². The van der Waals surface area contributed by atoms with Gasteiger partial charge in [0.2, 0.25) is 5.91 Å². The van der Waals surface area contributed by atoms with E-state index >= 15 is 0 Å². The molecule has 5 rings (SSSR count). The highest BCUT2D eigenvalue weighted by Gasteiger charge is 2.41. The van der Waals surface area contributed by atoms with Crippen LogP contribution < -0.4 is 0 Å². The van der Waals surface area contributed by atoms with Crippen LogP contribution in [0.2, 0.25) is 5.02 Å². The molecule has 1 atom stereocenters. The minimum absolute atomic E-state index is 0.00364. The van der Waals surface area contributed by atoms with Gasteiger partial charge in [0.15, 0.2) is 5.79 Å². The number of benzene rings is 1. The van der Waals surface area contributed by atoms with Crippen molar-refractivity contribution >= 4 is 23.2 Å². The van der Waals surface area contributed by atoms with Crippen LogP contribution in [0.25, 0.3) is 5.65 Å². The molecule has 2 aliphatic heterocycles. The fourth-order valence-corrected chi connectivity index (χ4v) is 4.90. The minimum Gasteiger partial charge on any atom is -0.347 e. The van der Waals surface area contributed by atoms with Gasteiger partial charge in [0.25, 0.3) is 0 Å². The lowest BCUT2D eigenvalue weighted by atomic mass is 9.90. The third-order valence-corrected chi connectivity index (χ3v) is 6.77. The number of imidazole rings is 1. The van der Waals surface area contributed by atoms with E-state index < -0.39 is 23.4 Å². The highest BCUT2D eigenvalue weighted by atomic mass is 35.5. The zero-order valence-corrected chi connectivity index (χ0v) is 19.0. The van der Waals surface area contributed by atoms with Crippen molar-refractivity contribution in [3.8, 4) is 0 Å². The number of rotatable bonds is 4. The number of carbonyl (C=O) groups is 1. The smallest absolute Gasteiger partial charge is 0.347 e. The Bertz CT molecular complexity index is 1200. The predicted octanol–water partition coefficient (Wildman–Crippen LogP) is 4.89. The Hall–Kier alpha value is -2.62. The Kier molecular flexibility index (Phi) is 6.03. The molecular weight excluding hydrogens is 471 g/mol. The van der Waals surface area contributed by atoms with Crippen molar-refractivity contribution in [1.29, 1.82) is 0 Å². The lowest BCUT2D eigenvalue weighted by Crippen LogP contribution is -2.47. The SMILES string of the molecule is O=C(CC(c1cccc(C(F)(F)F)c1)c1cnc2ccc(Cl)cn12)N1CCC2(CC1)OCCO2. The predicted molar refractivity (Wildman–Crippen MR) is 119 cm³/mol. The average Bonchev–Trinajstić information content (AvgIpc) is 3.44. The lowest BCUT2D eigenvalue weighted by molar-refractivity contribution is -0.187. The number of aromatic nitrogens is 2. The molecule has 0 N–H and O–H groups in total. The molecule has 3 aromatic rings. The molecule has 2 saturated heterocycles. The molecule has 0 aliphatic carbocycles. The van der Waals surface area contributed by atoms with Crippen molar-refractivity contribution in [1.82, 2.24) is 14.3 Å². The van der Waals surface area contributed by atoms with Crippen LogP contribution in [0.3, 0.4) is 0 Å². The van der Waals surface area contributed by atoms with E-state index in [4.69, 9.17) is 21.1 Å². The van der Waals surface area contributed by atoms with Crippen molar-refractivity contribution < 1.29 is 27.4 Å². The molecular formula is C24H23ClF3N3O3. The molecule has 0 saturated carbocycles. The second kappa shape index (κ2) is 8.87. The molecule has 0 radical (unpaired) electrons. The van der Waals surface area contributed by atoms with Gasteiger partial charge in [0, 0.05) is 50.7 Å². The van der Waals surface area contributed by atoms with Crippen LogP contribution >= 0.6 is 11.6 Å². The van der Waals surface area contributed by atoms with Gasteiger partial charge >= 0.3 is 6.18 Å². The Labute approximate surface area is 199 Å². The quantitative estimate of drug-likeness (QED) is 0.519. The summed E-state index contributed by atoms with van der Waals surface area (Å²) in [6.07, 6.45) is -0.110. The molecule has 1 aromatic carbocycles. The number of hydrogen-bond acceptors (Lipinski definition) is 4. The maximum atomic E-state index is 13.4. The summed E-state index contributed by atoms with van der Waals surface area (Å²) in [6, 6.07) is 8.53. The number of hydrogen-bond donors (Lipinski definition) is 0. The number of carbonyl (C=O) groups excluding carboxylic acids is 1. The molecule has 0 bridgehead atoms. The van der Waals surface area contributed by atoms with E-state index in [1.807, 2.05) is 0 Å². The number of alkyl halides is 3. The Morgan fingerprint density at radius 3 is 2.59 bits per heavy atom. The van der Waals surface area contributed by atoms with E-state index in [9.17, 15) is 18.0 Å². The Morgan fingerprint density at radius 2 is 1.88 bits per heavy atom. The third kappa shape index (κ3) is 4.52. The molecule has 10 heteroatoms. The van der Waals surface area contributed by atoms with Crippen molar-refractivity contribution in [3.05, 3.63) is 70.6 Å². The van der Waals surface area contributed by atoms with Crippen LogP contribution in [0.15, 0.2) is 48.8 Å². The van der Waals surface area contributed by atoms with E-state index in [2.05, 4.69) is 4.98 Å². The van der Waals surface area contributed by atoms with Gasteiger partial charge in [-0.25, -0.2) is 4.98 Å². The molecule has 2 aromatic heterocycles.